The van der Waals surface area contributed by atoms with Gasteiger partial charge in [-0.1, -0.05) is 34.6 Å². The van der Waals surface area contributed by atoms with Crippen LogP contribution in [0.2, 0.25) is 0 Å². The van der Waals surface area contributed by atoms with Crippen LogP contribution in [0.4, 0.5) is 13.2 Å². The van der Waals surface area contributed by atoms with Crippen LogP contribution in [-0.2, 0) is 9.53 Å². The molecule has 0 radical (unpaired) electrons. The lowest BCUT2D eigenvalue weighted by Crippen LogP contribution is -2.59. The zero-order chi connectivity index (χ0) is 28.6. The van der Waals surface area contributed by atoms with Gasteiger partial charge in [0.15, 0.2) is 0 Å². The van der Waals surface area contributed by atoms with E-state index in [4.69, 9.17) is 4.74 Å². The van der Waals surface area contributed by atoms with Gasteiger partial charge in [0.1, 0.15) is 6.54 Å². The lowest BCUT2D eigenvalue weighted by Gasteiger charge is -2.63. The molecule has 6 rings (SSSR count). The van der Waals surface area contributed by atoms with Crippen molar-refractivity contribution in [2.45, 2.75) is 124 Å². The van der Waals surface area contributed by atoms with Crippen molar-refractivity contribution < 1.29 is 32.9 Å². The monoisotopic (exact) mass is 555 g/mol. The Bertz CT molecular complexity index is 1030. The number of nitrogens with zero attached hydrogens (tertiary/aromatic N) is 1. The molecule has 8 heteroatoms. The number of hydrogen-bond donors (Lipinski definition) is 2. The molecule has 39 heavy (non-hydrogen) atoms. The molecule has 1 aliphatic heterocycles. The number of alkyl halides is 3. The van der Waals surface area contributed by atoms with Crippen LogP contribution in [0, 0.1) is 50.7 Å². The molecule has 1 saturated heterocycles. The van der Waals surface area contributed by atoms with Crippen LogP contribution in [0.1, 0.15) is 92.9 Å². The molecule has 222 valence electrons. The van der Waals surface area contributed by atoms with E-state index < -0.39 is 36.9 Å². The van der Waals surface area contributed by atoms with Crippen molar-refractivity contribution in [2.75, 3.05) is 13.1 Å². The van der Waals surface area contributed by atoms with Gasteiger partial charge >= 0.3 is 6.18 Å². The van der Waals surface area contributed by atoms with Crippen LogP contribution in [0.3, 0.4) is 0 Å². The summed E-state index contributed by atoms with van der Waals surface area (Å²) in [6.07, 6.45) is 1.66. The minimum absolute atomic E-state index is 0.0967. The molecule has 5 unspecified atom stereocenters. The third-order valence-corrected chi connectivity index (χ3v) is 14.1. The minimum atomic E-state index is -4.46. The van der Waals surface area contributed by atoms with Gasteiger partial charge in [-0.15, -0.1) is 0 Å². The summed E-state index contributed by atoms with van der Waals surface area (Å²) in [7, 11) is 0. The van der Waals surface area contributed by atoms with Crippen LogP contribution in [0.5, 0.6) is 0 Å². The fraction of sp³-hybridized carbons (Fsp3) is 0.968. The number of carbonyl (C=O) groups is 1. The van der Waals surface area contributed by atoms with Crippen molar-refractivity contribution in [3.05, 3.63) is 0 Å². The number of aliphatic hydroxyl groups is 2. The number of rotatable bonds is 3. The summed E-state index contributed by atoms with van der Waals surface area (Å²) in [5.41, 5.74) is -0.100. The van der Waals surface area contributed by atoms with Crippen molar-refractivity contribution in [1.82, 2.24) is 4.90 Å². The smallest absolute Gasteiger partial charge is 0.393 e. The van der Waals surface area contributed by atoms with Gasteiger partial charge in [-0.3, -0.25) is 4.79 Å². The van der Waals surface area contributed by atoms with E-state index in [0.717, 1.165) is 43.4 Å². The molecule has 5 saturated carbocycles. The molecule has 0 aromatic heterocycles. The highest BCUT2D eigenvalue weighted by Crippen LogP contribution is 2.89. The molecular formula is C31H48F3NO4. The average molecular weight is 556 g/mol. The van der Waals surface area contributed by atoms with Crippen molar-refractivity contribution in [2.24, 2.45) is 50.7 Å². The fourth-order valence-electron chi connectivity index (χ4n) is 12.3. The second-order valence-electron chi connectivity index (χ2n) is 15.7. The first kappa shape index (κ1) is 28.3. The molecule has 5 nitrogen and oxygen atoms in total. The van der Waals surface area contributed by atoms with Gasteiger partial charge in [0.05, 0.1) is 24.4 Å². The summed E-state index contributed by atoms with van der Waals surface area (Å²) >= 11 is 0. The molecule has 1 amide bonds. The van der Waals surface area contributed by atoms with Gasteiger partial charge in [0.25, 0.3) is 0 Å². The summed E-state index contributed by atoms with van der Waals surface area (Å²) in [5, 5.41) is 23.1. The number of amides is 1. The lowest BCUT2D eigenvalue weighted by atomic mass is 9.41. The van der Waals surface area contributed by atoms with Gasteiger partial charge in [-0.05, 0) is 96.7 Å². The van der Waals surface area contributed by atoms with Crippen molar-refractivity contribution in [3.8, 4) is 0 Å². The molecular weight excluding hydrogens is 507 g/mol. The van der Waals surface area contributed by atoms with Gasteiger partial charge in [-0.2, -0.15) is 13.2 Å². The normalized spacial score (nSPS) is 53.5. The van der Waals surface area contributed by atoms with E-state index in [2.05, 4.69) is 34.6 Å². The van der Waals surface area contributed by atoms with E-state index in [1.54, 1.807) is 0 Å². The van der Waals surface area contributed by atoms with E-state index in [1.165, 1.54) is 13.3 Å². The number of ether oxygens (including phenoxy) is 1. The molecule has 6 aliphatic rings. The van der Waals surface area contributed by atoms with Crippen LogP contribution in [0.25, 0.3) is 0 Å². The number of aliphatic hydroxyl groups excluding tert-OH is 2. The van der Waals surface area contributed by atoms with E-state index in [0.29, 0.717) is 18.3 Å². The Labute approximate surface area is 231 Å². The van der Waals surface area contributed by atoms with Crippen LogP contribution >= 0.6 is 0 Å². The molecule has 12 atom stereocenters. The molecule has 0 aromatic carbocycles. The SMILES string of the molecule is CC(=O)N(CC1C[C@@H](C)[C@H]2C(O1)[C@H](O)[C@@]1(C)C3CC[C@H]4C(C)(C)[C@@H](O)CCC45C[C@@]35CCC21C)CC(F)(F)F. The molecule has 5 aliphatic carbocycles. The zero-order valence-corrected chi connectivity index (χ0v) is 24.5. The average Bonchev–Trinajstić information content (AvgIpc) is 3.45. The third kappa shape index (κ3) is 3.52. The Morgan fingerprint density at radius 3 is 2.28 bits per heavy atom. The van der Waals surface area contributed by atoms with Gasteiger partial charge in [0.2, 0.25) is 5.91 Å². The first-order valence-corrected chi connectivity index (χ1v) is 15.3. The summed E-state index contributed by atoms with van der Waals surface area (Å²) in [6, 6.07) is 0. The minimum Gasteiger partial charge on any atom is -0.393 e. The highest BCUT2D eigenvalue weighted by Gasteiger charge is 2.84. The Morgan fingerprint density at radius 2 is 1.64 bits per heavy atom. The van der Waals surface area contributed by atoms with Crippen LogP contribution < -0.4 is 0 Å². The standard InChI is InChI=1S/C31H48F3NO4/c1-17-13-19(14-35(18(2)36)16-31(32,33)34)39-24-23(17)27(5)11-12-30-15-29(30)10-9-22(37)26(3,4)20(29)7-8-21(30)28(27,6)25(24)38/h17,19-25,37-38H,7-16H2,1-6H3/t17-,19?,20+,21?,22+,23+,24?,25+,27?,28-,29?,30+/m1/s1. The molecule has 0 aromatic rings. The molecule has 2 N–H and O–H groups in total. The Balaban J connectivity index is 1.29. The van der Waals surface area contributed by atoms with Gasteiger partial charge in [-0.25, -0.2) is 0 Å². The third-order valence-electron chi connectivity index (χ3n) is 14.1. The maximum absolute atomic E-state index is 13.2. The molecule has 0 bridgehead atoms. The van der Waals surface area contributed by atoms with Gasteiger partial charge < -0.3 is 19.8 Å². The number of halogens is 3. The van der Waals surface area contributed by atoms with E-state index in [9.17, 15) is 28.2 Å². The number of fused-ring (bicyclic) bond motifs is 4. The quantitative estimate of drug-likeness (QED) is 0.478. The van der Waals surface area contributed by atoms with E-state index in [-0.39, 0.29) is 51.6 Å². The zero-order valence-electron chi connectivity index (χ0n) is 24.5. The Hall–Kier alpha value is -0.860. The Morgan fingerprint density at radius 1 is 1.00 bits per heavy atom. The predicted molar refractivity (Wildman–Crippen MR) is 140 cm³/mol. The fourth-order valence-corrected chi connectivity index (χ4v) is 12.3. The summed E-state index contributed by atoms with van der Waals surface area (Å²) in [5.74, 6) is 0.585. The van der Waals surface area contributed by atoms with Crippen molar-refractivity contribution >= 4 is 5.91 Å². The summed E-state index contributed by atoms with van der Waals surface area (Å²) in [4.78, 5) is 12.9. The maximum Gasteiger partial charge on any atom is 0.406 e. The lowest BCUT2D eigenvalue weighted by molar-refractivity contribution is -0.183. The summed E-state index contributed by atoms with van der Waals surface area (Å²) in [6.45, 7) is 11.1. The first-order chi connectivity index (χ1) is 17.9. The van der Waals surface area contributed by atoms with E-state index in [1.807, 2.05) is 0 Å². The maximum atomic E-state index is 13.2. The van der Waals surface area contributed by atoms with Crippen LogP contribution in [0.15, 0.2) is 0 Å². The highest BCUT2D eigenvalue weighted by atomic mass is 19.4. The number of carbonyl (C=O) groups excluding carboxylic acids is 1. The summed E-state index contributed by atoms with van der Waals surface area (Å²) < 4.78 is 46.1. The largest absolute Gasteiger partial charge is 0.406 e. The number of hydrogen-bond acceptors (Lipinski definition) is 4. The Kier molecular flexibility index (Phi) is 6.07. The molecule has 6 fully saturated rings. The van der Waals surface area contributed by atoms with Crippen molar-refractivity contribution in [3.63, 3.8) is 0 Å². The van der Waals surface area contributed by atoms with E-state index >= 15 is 0 Å². The second-order valence-corrected chi connectivity index (χ2v) is 15.7. The van der Waals surface area contributed by atoms with Gasteiger partial charge in [0, 0.05) is 18.9 Å². The first-order valence-electron chi connectivity index (χ1n) is 15.3. The van der Waals surface area contributed by atoms with Crippen LogP contribution in [-0.4, -0.2) is 64.7 Å². The van der Waals surface area contributed by atoms with Crippen molar-refractivity contribution in [1.29, 1.82) is 0 Å². The molecule has 1 heterocycles. The molecule has 2 spiro atoms. The predicted octanol–water partition coefficient (Wildman–Crippen LogP) is 5.57. The second kappa shape index (κ2) is 8.37. The highest BCUT2D eigenvalue weighted by molar-refractivity contribution is 5.73. The topological polar surface area (TPSA) is 70.0 Å².